The van der Waals surface area contributed by atoms with E-state index in [1.807, 2.05) is 0 Å². The molecule has 0 aliphatic rings. The molecule has 0 N–H and O–H groups in total. The van der Waals surface area contributed by atoms with Gasteiger partial charge in [0.05, 0.1) is 11.3 Å². The van der Waals surface area contributed by atoms with Crippen LogP contribution in [0.4, 0.5) is 5.82 Å². The number of ketones is 1. The zero-order valence-corrected chi connectivity index (χ0v) is 7.48. The van der Waals surface area contributed by atoms with E-state index < -0.39 is 10.7 Å². The molecule has 13 heavy (non-hydrogen) atoms. The van der Waals surface area contributed by atoms with Gasteiger partial charge in [0.2, 0.25) is 0 Å². The minimum Gasteiger partial charge on any atom is -0.358 e. The fourth-order valence-corrected chi connectivity index (χ4v) is 1.04. The number of carbonyl (C=O) groups is 1. The highest BCUT2D eigenvalue weighted by atomic mass is 35.5. The van der Waals surface area contributed by atoms with Gasteiger partial charge in [0.15, 0.2) is 10.8 Å². The maximum absolute atomic E-state index is 10.6. The number of rotatable bonds is 3. The lowest BCUT2D eigenvalue weighted by Crippen LogP contribution is -2.06. The lowest BCUT2D eigenvalue weighted by molar-refractivity contribution is -0.389. The molecule has 0 atom stereocenters. The first-order valence-corrected chi connectivity index (χ1v) is 3.75. The zero-order valence-electron chi connectivity index (χ0n) is 6.73. The summed E-state index contributed by atoms with van der Waals surface area (Å²) in [6.07, 6.45) is 1.25. The molecule has 0 fully saturated rings. The lowest BCUT2D eigenvalue weighted by Gasteiger charge is -1.88. The van der Waals surface area contributed by atoms with Gasteiger partial charge < -0.3 is 10.1 Å². The van der Waals surface area contributed by atoms with Gasteiger partial charge in [-0.15, -0.1) is 0 Å². The molecule has 1 rings (SSSR count). The second-order valence-corrected chi connectivity index (χ2v) is 2.86. The molecule has 0 aromatic carbocycles. The number of aromatic nitrogens is 2. The van der Waals surface area contributed by atoms with Crippen molar-refractivity contribution >= 4 is 23.2 Å². The van der Waals surface area contributed by atoms with Gasteiger partial charge in [-0.3, -0.25) is 4.79 Å². The number of halogens is 1. The highest BCUT2D eigenvalue weighted by Gasteiger charge is 2.19. The average molecular weight is 204 g/mol. The van der Waals surface area contributed by atoms with Crippen LogP contribution >= 0.6 is 11.6 Å². The Morgan fingerprint density at radius 1 is 1.85 bits per heavy atom. The predicted octanol–water partition coefficient (Wildman–Crippen LogP) is 1.03. The zero-order chi connectivity index (χ0) is 10.0. The topological polar surface area (TPSA) is 78.0 Å². The van der Waals surface area contributed by atoms with Crippen molar-refractivity contribution in [2.75, 3.05) is 0 Å². The standard InChI is InChI=1S/C6H6ClN3O3/c1-4(11)2-9-3-5(7)6(8-9)10(12)13/h3H,2H2,1H3. The molecule has 0 spiro atoms. The highest BCUT2D eigenvalue weighted by Crippen LogP contribution is 2.20. The molecule has 7 heteroatoms. The number of Topliss-reactive ketones (excluding diaryl/α,β-unsaturated/α-hetero) is 1. The Labute approximate surface area is 78.3 Å². The molecule has 1 aromatic heterocycles. The number of nitro groups is 1. The molecule has 1 aromatic rings. The summed E-state index contributed by atoms with van der Waals surface area (Å²) in [7, 11) is 0. The van der Waals surface area contributed by atoms with E-state index in [1.165, 1.54) is 13.1 Å². The van der Waals surface area contributed by atoms with Crippen molar-refractivity contribution in [1.82, 2.24) is 9.78 Å². The Kier molecular flexibility index (Phi) is 2.62. The summed E-state index contributed by atoms with van der Waals surface area (Å²) in [6.45, 7) is 1.36. The van der Waals surface area contributed by atoms with E-state index in [-0.39, 0.29) is 17.4 Å². The van der Waals surface area contributed by atoms with Gasteiger partial charge in [0.1, 0.15) is 6.54 Å². The van der Waals surface area contributed by atoms with Crippen LogP contribution in [-0.2, 0) is 11.3 Å². The molecule has 0 amide bonds. The van der Waals surface area contributed by atoms with Crippen LogP contribution in [0.5, 0.6) is 0 Å². The van der Waals surface area contributed by atoms with Crippen LogP contribution in [0.25, 0.3) is 0 Å². The average Bonchev–Trinajstić information content (AvgIpc) is 2.29. The molecule has 0 unspecified atom stereocenters. The number of nitrogens with zero attached hydrogens (tertiary/aromatic N) is 3. The number of hydrogen-bond donors (Lipinski definition) is 0. The van der Waals surface area contributed by atoms with E-state index in [9.17, 15) is 14.9 Å². The summed E-state index contributed by atoms with van der Waals surface area (Å²) in [4.78, 5) is 20.2. The molecule has 0 aliphatic carbocycles. The SMILES string of the molecule is CC(=O)Cn1cc(Cl)c([N+](=O)[O-])n1. The van der Waals surface area contributed by atoms with E-state index >= 15 is 0 Å². The van der Waals surface area contributed by atoms with Crippen LogP contribution < -0.4 is 0 Å². The molecular formula is C6H6ClN3O3. The lowest BCUT2D eigenvalue weighted by atomic mass is 10.4. The van der Waals surface area contributed by atoms with E-state index in [1.54, 1.807) is 0 Å². The van der Waals surface area contributed by atoms with Crippen molar-refractivity contribution in [2.45, 2.75) is 13.5 Å². The Morgan fingerprint density at radius 2 is 2.46 bits per heavy atom. The third kappa shape index (κ3) is 2.25. The van der Waals surface area contributed by atoms with E-state index in [0.717, 1.165) is 4.68 Å². The van der Waals surface area contributed by atoms with Gasteiger partial charge in [-0.1, -0.05) is 11.6 Å². The molecule has 0 saturated heterocycles. The van der Waals surface area contributed by atoms with Crippen molar-refractivity contribution in [2.24, 2.45) is 0 Å². The van der Waals surface area contributed by atoms with Gasteiger partial charge in [-0.2, -0.15) is 4.68 Å². The van der Waals surface area contributed by atoms with Gasteiger partial charge in [-0.05, 0) is 11.8 Å². The van der Waals surface area contributed by atoms with Crippen LogP contribution in [0.3, 0.4) is 0 Å². The van der Waals surface area contributed by atoms with Crippen LogP contribution in [0.15, 0.2) is 6.20 Å². The van der Waals surface area contributed by atoms with Gasteiger partial charge in [-0.25, -0.2) is 0 Å². The van der Waals surface area contributed by atoms with Crippen molar-refractivity contribution in [3.8, 4) is 0 Å². The summed E-state index contributed by atoms with van der Waals surface area (Å²) < 4.78 is 1.14. The van der Waals surface area contributed by atoms with Crippen molar-refractivity contribution in [3.63, 3.8) is 0 Å². The highest BCUT2D eigenvalue weighted by molar-refractivity contribution is 6.32. The van der Waals surface area contributed by atoms with Crippen molar-refractivity contribution in [3.05, 3.63) is 21.3 Å². The van der Waals surface area contributed by atoms with Gasteiger partial charge in [0.25, 0.3) is 0 Å². The van der Waals surface area contributed by atoms with E-state index in [2.05, 4.69) is 5.10 Å². The Bertz CT molecular complexity index is 360. The monoisotopic (exact) mass is 203 g/mol. The molecule has 0 radical (unpaired) electrons. The smallest absolute Gasteiger partial charge is 0.358 e. The second kappa shape index (κ2) is 3.53. The second-order valence-electron chi connectivity index (χ2n) is 2.46. The maximum Gasteiger partial charge on any atom is 0.408 e. The summed E-state index contributed by atoms with van der Waals surface area (Å²) in [6, 6.07) is 0. The Hall–Kier alpha value is -1.43. The third-order valence-corrected chi connectivity index (χ3v) is 1.52. The van der Waals surface area contributed by atoms with E-state index in [0.29, 0.717) is 0 Å². The molecule has 70 valence electrons. The summed E-state index contributed by atoms with van der Waals surface area (Å²) in [5.41, 5.74) is 0. The van der Waals surface area contributed by atoms with E-state index in [4.69, 9.17) is 11.6 Å². The molecule has 1 heterocycles. The van der Waals surface area contributed by atoms with Gasteiger partial charge in [0, 0.05) is 0 Å². The predicted molar refractivity (Wildman–Crippen MR) is 44.6 cm³/mol. The maximum atomic E-state index is 10.6. The molecular weight excluding hydrogens is 198 g/mol. The van der Waals surface area contributed by atoms with Crippen LogP contribution in [0.2, 0.25) is 5.02 Å². The first kappa shape index (κ1) is 9.66. The first-order chi connectivity index (χ1) is 6.00. The van der Waals surface area contributed by atoms with Crippen LogP contribution in [-0.4, -0.2) is 20.5 Å². The minimum absolute atomic E-state index is 0.00639. The first-order valence-electron chi connectivity index (χ1n) is 3.37. The van der Waals surface area contributed by atoms with Crippen LogP contribution in [0, 0.1) is 10.1 Å². The number of carbonyl (C=O) groups excluding carboxylic acids is 1. The minimum atomic E-state index is -0.695. The number of hydrogen-bond acceptors (Lipinski definition) is 4. The quantitative estimate of drug-likeness (QED) is 0.543. The van der Waals surface area contributed by atoms with Crippen molar-refractivity contribution < 1.29 is 9.72 Å². The Balaban J connectivity index is 2.95. The molecule has 0 aliphatic heterocycles. The third-order valence-electron chi connectivity index (χ3n) is 1.26. The summed E-state index contributed by atoms with van der Waals surface area (Å²) in [5.74, 6) is -0.572. The largest absolute Gasteiger partial charge is 0.408 e. The van der Waals surface area contributed by atoms with Crippen LogP contribution in [0.1, 0.15) is 6.92 Å². The molecule has 0 bridgehead atoms. The van der Waals surface area contributed by atoms with Crippen molar-refractivity contribution in [1.29, 1.82) is 0 Å². The fourth-order valence-electron chi connectivity index (χ4n) is 0.820. The Morgan fingerprint density at radius 3 is 2.85 bits per heavy atom. The fraction of sp³-hybridized carbons (Fsp3) is 0.333. The van der Waals surface area contributed by atoms with Gasteiger partial charge >= 0.3 is 5.82 Å². The normalized spacial score (nSPS) is 10.0. The molecule has 6 nitrogen and oxygen atoms in total. The summed E-state index contributed by atoms with van der Waals surface area (Å²) >= 11 is 5.49. The molecule has 0 saturated carbocycles. The summed E-state index contributed by atoms with van der Waals surface area (Å²) in [5, 5.41) is 13.7.